The van der Waals surface area contributed by atoms with Crippen molar-refractivity contribution in [1.29, 1.82) is 0 Å². The molecule has 22 heavy (non-hydrogen) atoms. The highest BCUT2D eigenvalue weighted by molar-refractivity contribution is 6.86. The molecular weight excluding hydrogens is 280 g/mol. The molecule has 3 rings (SSSR count). The molecule has 2 aliphatic rings. The van der Waals surface area contributed by atoms with Crippen LogP contribution in [0.2, 0.25) is 13.1 Å². The van der Waals surface area contributed by atoms with Gasteiger partial charge in [0, 0.05) is 5.54 Å². The van der Waals surface area contributed by atoms with Gasteiger partial charge in [0.1, 0.15) is 0 Å². The van der Waals surface area contributed by atoms with Gasteiger partial charge in [-0.1, -0.05) is 87.1 Å². The van der Waals surface area contributed by atoms with Gasteiger partial charge in [-0.25, -0.2) is 0 Å². The zero-order valence-corrected chi connectivity index (χ0v) is 15.8. The lowest BCUT2D eigenvalue weighted by Crippen LogP contribution is -2.37. The van der Waals surface area contributed by atoms with Crippen molar-refractivity contribution in [3.8, 4) is 0 Å². The lowest BCUT2D eigenvalue weighted by Gasteiger charge is -2.33. The summed E-state index contributed by atoms with van der Waals surface area (Å²) in [6, 6.07) is 8.97. The molecule has 0 nitrogen and oxygen atoms in total. The monoisotopic (exact) mass is 308 g/mol. The first kappa shape index (κ1) is 15.5. The topological polar surface area (TPSA) is 0 Å². The maximum atomic E-state index is 2.56. The van der Waals surface area contributed by atoms with E-state index in [4.69, 9.17) is 0 Å². The number of rotatable bonds is 2. The van der Waals surface area contributed by atoms with Crippen LogP contribution in [0.4, 0.5) is 0 Å². The van der Waals surface area contributed by atoms with E-state index in [9.17, 15) is 0 Å². The minimum absolute atomic E-state index is 0.269. The Kier molecular flexibility index (Phi) is 3.60. The molecule has 116 valence electrons. The molecule has 0 bridgehead atoms. The summed E-state index contributed by atoms with van der Waals surface area (Å²) in [5.41, 5.74) is 6.99. The molecule has 0 aromatic heterocycles. The van der Waals surface area contributed by atoms with Crippen molar-refractivity contribution in [3.63, 3.8) is 0 Å². The zero-order chi connectivity index (χ0) is 16.1. The summed E-state index contributed by atoms with van der Waals surface area (Å²) in [4.78, 5) is 0. The smallest absolute Gasteiger partial charge is 0.0771 e. The lowest BCUT2D eigenvalue weighted by molar-refractivity contribution is 0.518. The summed E-state index contributed by atoms with van der Waals surface area (Å²) in [7, 11) is -1.53. The van der Waals surface area contributed by atoms with Crippen LogP contribution < -0.4 is 0 Å². The third-order valence-corrected chi connectivity index (χ3v) is 9.65. The van der Waals surface area contributed by atoms with Gasteiger partial charge in [-0.15, -0.1) is 0 Å². The summed E-state index contributed by atoms with van der Waals surface area (Å²) in [6.45, 7) is 14.4. The summed E-state index contributed by atoms with van der Waals surface area (Å²) >= 11 is 0. The van der Waals surface area contributed by atoms with E-state index < -0.39 is 8.07 Å². The van der Waals surface area contributed by atoms with Gasteiger partial charge in [0.2, 0.25) is 0 Å². The van der Waals surface area contributed by atoms with Crippen LogP contribution in [0, 0.1) is 5.41 Å². The van der Waals surface area contributed by atoms with Crippen LogP contribution in [-0.2, 0) is 0 Å². The van der Waals surface area contributed by atoms with Crippen LogP contribution in [0.5, 0.6) is 0 Å². The standard InChI is InChI=1S/C21H28Si/c1-15-13-16-9-7-8-10-19(16)20(15)22(5,6)18-12-11-17(14-18)21(2,3)4/h7-11,13-14,20H,12H2,1-6H3. The van der Waals surface area contributed by atoms with Crippen LogP contribution in [0.25, 0.3) is 6.08 Å². The minimum atomic E-state index is -1.53. The Bertz CT molecular complexity index is 693. The highest BCUT2D eigenvalue weighted by Crippen LogP contribution is 2.47. The van der Waals surface area contributed by atoms with E-state index in [1.54, 1.807) is 16.3 Å². The molecule has 0 amide bonds. The summed E-state index contributed by atoms with van der Waals surface area (Å²) in [6.07, 6.45) is 8.56. The number of hydrogen-bond acceptors (Lipinski definition) is 0. The van der Waals surface area contributed by atoms with Gasteiger partial charge in [-0.2, -0.15) is 0 Å². The largest absolute Gasteiger partial charge is 0.0876 e. The van der Waals surface area contributed by atoms with E-state index in [2.05, 4.69) is 83.3 Å². The first-order valence-corrected chi connectivity index (χ1v) is 11.5. The molecule has 0 N–H and O–H groups in total. The molecule has 0 saturated carbocycles. The average Bonchev–Trinajstić information content (AvgIpc) is 3.01. The van der Waals surface area contributed by atoms with E-state index >= 15 is 0 Å². The van der Waals surface area contributed by atoms with E-state index in [0.717, 1.165) is 6.42 Å². The zero-order valence-electron chi connectivity index (χ0n) is 14.8. The summed E-state index contributed by atoms with van der Waals surface area (Å²) in [5.74, 6) is 0. The second-order valence-electron chi connectivity index (χ2n) is 8.46. The summed E-state index contributed by atoms with van der Waals surface area (Å²) in [5, 5.41) is 1.71. The molecule has 0 fully saturated rings. The van der Waals surface area contributed by atoms with E-state index in [0.29, 0.717) is 5.54 Å². The van der Waals surface area contributed by atoms with Gasteiger partial charge in [0.25, 0.3) is 0 Å². The summed E-state index contributed by atoms with van der Waals surface area (Å²) < 4.78 is 0. The number of fused-ring (bicyclic) bond motifs is 1. The Morgan fingerprint density at radius 3 is 2.36 bits per heavy atom. The van der Waals surface area contributed by atoms with Gasteiger partial charge < -0.3 is 0 Å². The third-order valence-electron chi connectivity index (χ3n) is 5.43. The molecule has 0 radical (unpaired) electrons. The fourth-order valence-corrected chi connectivity index (χ4v) is 7.91. The minimum Gasteiger partial charge on any atom is -0.0771 e. The van der Waals surface area contributed by atoms with Gasteiger partial charge >= 0.3 is 0 Å². The van der Waals surface area contributed by atoms with E-state index in [1.807, 2.05) is 0 Å². The Balaban J connectivity index is 1.97. The molecule has 1 atom stereocenters. The number of allylic oxidation sites excluding steroid dienone is 5. The molecule has 0 aliphatic heterocycles. The van der Waals surface area contributed by atoms with Crippen LogP contribution in [-0.4, -0.2) is 8.07 Å². The van der Waals surface area contributed by atoms with Crippen molar-refractivity contribution in [3.05, 3.63) is 63.9 Å². The van der Waals surface area contributed by atoms with Crippen LogP contribution in [0.1, 0.15) is 50.8 Å². The third kappa shape index (κ3) is 2.46. The van der Waals surface area contributed by atoms with Crippen molar-refractivity contribution in [1.82, 2.24) is 0 Å². The number of benzene rings is 1. The fourth-order valence-electron chi connectivity index (χ4n) is 4.12. The molecule has 1 unspecified atom stereocenters. The van der Waals surface area contributed by atoms with E-state index in [-0.39, 0.29) is 5.41 Å². The molecule has 1 aromatic rings. The fraction of sp³-hybridized carbons (Fsp3) is 0.429. The molecule has 2 aliphatic carbocycles. The van der Waals surface area contributed by atoms with Crippen molar-refractivity contribution >= 4 is 14.1 Å². The SMILES string of the molecule is CC1=Cc2ccccc2C1[Si](C)(C)C1=CC(C(C)(C)C)=CC1. The highest BCUT2D eigenvalue weighted by atomic mass is 28.3. The predicted molar refractivity (Wildman–Crippen MR) is 101 cm³/mol. The molecular formula is C21H28Si. The predicted octanol–water partition coefficient (Wildman–Crippen LogP) is 6.28. The van der Waals surface area contributed by atoms with E-state index in [1.165, 1.54) is 11.1 Å². The second kappa shape index (κ2) is 5.09. The molecule has 1 heteroatoms. The van der Waals surface area contributed by atoms with Crippen LogP contribution in [0.15, 0.2) is 52.8 Å². The maximum Gasteiger partial charge on any atom is 0.0876 e. The lowest BCUT2D eigenvalue weighted by atomic mass is 9.87. The Morgan fingerprint density at radius 1 is 1.05 bits per heavy atom. The maximum absolute atomic E-state index is 2.56. The van der Waals surface area contributed by atoms with Crippen molar-refractivity contribution in [2.24, 2.45) is 5.41 Å². The van der Waals surface area contributed by atoms with Gasteiger partial charge in [0.15, 0.2) is 0 Å². The Hall–Kier alpha value is -1.34. The van der Waals surface area contributed by atoms with Gasteiger partial charge in [0.05, 0.1) is 8.07 Å². The molecule has 0 spiro atoms. The Morgan fingerprint density at radius 2 is 1.73 bits per heavy atom. The van der Waals surface area contributed by atoms with Crippen LogP contribution in [0.3, 0.4) is 0 Å². The molecule has 0 heterocycles. The quantitative estimate of drug-likeness (QED) is 0.564. The molecule has 1 aromatic carbocycles. The number of hydrogen-bond donors (Lipinski definition) is 0. The van der Waals surface area contributed by atoms with Gasteiger partial charge in [-0.3, -0.25) is 0 Å². The van der Waals surface area contributed by atoms with Crippen molar-refractivity contribution < 1.29 is 0 Å². The first-order valence-electron chi connectivity index (χ1n) is 8.40. The van der Waals surface area contributed by atoms with Crippen molar-refractivity contribution in [2.45, 2.75) is 52.8 Å². The normalized spacial score (nSPS) is 21.4. The average molecular weight is 309 g/mol. The second-order valence-corrected chi connectivity index (χ2v) is 13.1. The van der Waals surface area contributed by atoms with Gasteiger partial charge in [-0.05, 0) is 35.5 Å². The van der Waals surface area contributed by atoms with Crippen LogP contribution >= 0.6 is 0 Å². The molecule has 0 saturated heterocycles. The Labute approximate surface area is 136 Å². The highest BCUT2D eigenvalue weighted by Gasteiger charge is 2.41. The first-order chi connectivity index (χ1) is 10.2. The van der Waals surface area contributed by atoms with Crippen molar-refractivity contribution in [2.75, 3.05) is 0 Å².